The Bertz CT molecular complexity index is 737. The van der Waals surface area contributed by atoms with Gasteiger partial charge in [-0.05, 0) is 61.2 Å². The van der Waals surface area contributed by atoms with Crippen LogP contribution >= 0.6 is 0 Å². The Kier molecular flexibility index (Phi) is 6.57. The van der Waals surface area contributed by atoms with Crippen LogP contribution in [0.4, 0.5) is 5.69 Å². The number of amides is 1. The van der Waals surface area contributed by atoms with Crippen molar-refractivity contribution in [1.29, 1.82) is 0 Å². The molecule has 0 aromatic heterocycles. The molecule has 0 radical (unpaired) electrons. The van der Waals surface area contributed by atoms with Crippen LogP contribution in [-0.4, -0.2) is 18.2 Å². The summed E-state index contributed by atoms with van der Waals surface area (Å²) >= 11 is 0. The van der Waals surface area contributed by atoms with Crippen LogP contribution in [0.3, 0.4) is 0 Å². The van der Waals surface area contributed by atoms with Crippen molar-refractivity contribution in [3.8, 4) is 5.75 Å². The highest BCUT2D eigenvalue weighted by atomic mass is 16.5. The minimum Gasteiger partial charge on any atom is -0.494 e. The number of benzene rings is 2. The summed E-state index contributed by atoms with van der Waals surface area (Å²) in [6.07, 6.45) is 1.00. The number of nitrogen functional groups attached to an aromatic ring is 1. The molecule has 5 nitrogen and oxygen atoms in total. The van der Waals surface area contributed by atoms with Gasteiger partial charge in [0.25, 0.3) is 5.91 Å². The van der Waals surface area contributed by atoms with Gasteiger partial charge in [-0.1, -0.05) is 26.0 Å². The van der Waals surface area contributed by atoms with Gasteiger partial charge in [-0.2, -0.15) is 5.10 Å². The maximum absolute atomic E-state index is 12.2. The van der Waals surface area contributed by atoms with Crippen molar-refractivity contribution in [3.05, 3.63) is 59.7 Å². The number of nitrogens with two attached hydrogens (primary N) is 1. The molecule has 0 saturated heterocycles. The normalized spacial score (nSPS) is 11.4. The van der Waals surface area contributed by atoms with E-state index in [9.17, 15) is 4.79 Å². The molecule has 0 fully saturated rings. The van der Waals surface area contributed by atoms with Crippen LogP contribution in [0.15, 0.2) is 53.6 Å². The third-order valence-corrected chi connectivity index (χ3v) is 3.71. The molecule has 25 heavy (non-hydrogen) atoms. The van der Waals surface area contributed by atoms with Crippen molar-refractivity contribution in [1.82, 2.24) is 5.43 Å². The number of carbonyl (C=O) groups is 1. The van der Waals surface area contributed by atoms with Crippen molar-refractivity contribution in [2.45, 2.75) is 27.2 Å². The summed E-state index contributed by atoms with van der Waals surface area (Å²) in [4.78, 5) is 12.2. The predicted octanol–water partition coefficient (Wildman–Crippen LogP) is 3.85. The molecule has 0 heterocycles. The number of nitrogens with one attached hydrogen (secondary N) is 1. The number of hydrogen-bond donors (Lipinski definition) is 2. The molecular formula is C20H25N3O2. The van der Waals surface area contributed by atoms with E-state index in [4.69, 9.17) is 10.5 Å². The van der Waals surface area contributed by atoms with Crippen LogP contribution in [0, 0.1) is 5.92 Å². The molecule has 5 heteroatoms. The van der Waals surface area contributed by atoms with Crippen molar-refractivity contribution in [2.24, 2.45) is 11.0 Å². The largest absolute Gasteiger partial charge is 0.494 e. The lowest BCUT2D eigenvalue weighted by Gasteiger charge is -2.08. The average Bonchev–Trinajstić information content (AvgIpc) is 2.59. The molecular weight excluding hydrogens is 314 g/mol. The lowest BCUT2D eigenvalue weighted by atomic mass is 10.1. The van der Waals surface area contributed by atoms with E-state index in [1.54, 1.807) is 30.3 Å². The molecule has 132 valence electrons. The first-order valence-corrected chi connectivity index (χ1v) is 8.39. The molecule has 0 spiro atoms. The minimum atomic E-state index is -0.267. The highest BCUT2D eigenvalue weighted by Crippen LogP contribution is 2.13. The molecule has 0 aliphatic rings. The number of rotatable bonds is 7. The summed E-state index contributed by atoms with van der Waals surface area (Å²) in [6.45, 7) is 6.81. The summed E-state index contributed by atoms with van der Waals surface area (Å²) in [5, 5.41) is 4.13. The van der Waals surface area contributed by atoms with Crippen molar-refractivity contribution >= 4 is 17.3 Å². The summed E-state index contributed by atoms with van der Waals surface area (Å²) in [5.41, 5.74) is 11.1. The second-order valence-corrected chi connectivity index (χ2v) is 6.32. The van der Waals surface area contributed by atoms with E-state index in [1.807, 2.05) is 25.1 Å². The van der Waals surface area contributed by atoms with E-state index in [1.165, 1.54) is 0 Å². The van der Waals surface area contributed by atoms with Gasteiger partial charge in [0.2, 0.25) is 0 Å². The van der Waals surface area contributed by atoms with Gasteiger partial charge in [-0.3, -0.25) is 4.79 Å². The second-order valence-electron chi connectivity index (χ2n) is 6.32. The lowest BCUT2D eigenvalue weighted by Crippen LogP contribution is -2.19. The first kappa shape index (κ1) is 18.5. The Morgan fingerprint density at radius 1 is 1.16 bits per heavy atom. The van der Waals surface area contributed by atoms with Crippen LogP contribution < -0.4 is 15.9 Å². The molecule has 3 N–H and O–H groups in total. The van der Waals surface area contributed by atoms with Crippen LogP contribution in [0.2, 0.25) is 0 Å². The van der Waals surface area contributed by atoms with Gasteiger partial charge in [0.15, 0.2) is 0 Å². The number of nitrogens with zero attached hydrogens (tertiary/aromatic N) is 1. The molecule has 0 aliphatic heterocycles. The lowest BCUT2D eigenvalue weighted by molar-refractivity contribution is 0.0955. The van der Waals surface area contributed by atoms with Gasteiger partial charge in [0.05, 0.1) is 12.3 Å². The predicted molar refractivity (Wildman–Crippen MR) is 102 cm³/mol. The third kappa shape index (κ3) is 5.95. The smallest absolute Gasteiger partial charge is 0.271 e. The van der Waals surface area contributed by atoms with E-state index in [2.05, 4.69) is 24.4 Å². The summed E-state index contributed by atoms with van der Waals surface area (Å²) in [5.74, 6) is 1.10. The van der Waals surface area contributed by atoms with E-state index in [-0.39, 0.29) is 5.91 Å². The van der Waals surface area contributed by atoms with Gasteiger partial charge in [0, 0.05) is 11.3 Å². The zero-order chi connectivity index (χ0) is 18.2. The molecule has 2 aromatic carbocycles. The zero-order valence-corrected chi connectivity index (χ0v) is 15.0. The van der Waals surface area contributed by atoms with Crippen molar-refractivity contribution in [3.63, 3.8) is 0 Å². The quantitative estimate of drug-likeness (QED) is 0.457. The van der Waals surface area contributed by atoms with Crippen molar-refractivity contribution in [2.75, 3.05) is 12.3 Å². The Balaban J connectivity index is 1.93. The Labute approximate surface area is 148 Å². The van der Waals surface area contributed by atoms with Gasteiger partial charge >= 0.3 is 0 Å². The van der Waals surface area contributed by atoms with E-state index >= 15 is 0 Å². The van der Waals surface area contributed by atoms with Crippen molar-refractivity contribution < 1.29 is 9.53 Å². The second kappa shape index (κ2) is 8.87. The highest BCUT2D eigenvalue weighted by Gasteiger charge is 2.06. The van der Waals surface area contributed by atoms with E-state index in [0.29, 0.717) is 29.5 Å². The van der Waals surface area contributed by atoms with Gasteiger partial charge < -0.3 is 10.5 Å². The molecule has 0 atom stereocenters. The summed E-state index contributed by atoms with van der Waals surface area (Å²) < 4.78 is 5.65. The third-order valence-electron chi connectivity index (χ3n) is 3.71. The first-order valence-electron chi connectivity index (χ1n) is 8.39. The monoisotopic (exact) mass is 339 g/mol. The molecule has 0 saturated carbocycles. The zero-order valence-electron chi connectivity index (χ0n) is 15.0. The molecule has 2 aromatic rings. The van der Waals surface area contributed by atoms with Crippen LogP contribution in [0.1, 0.15) is 43.1 Å². The maximum Gasteiger partial charge on any atom is 0.271 e. The topological polar surface area (TPSA) is 76.7 Å². The molecule has 1 amide bonds. The molecule has 0 bridgehead atoms. The Morgan fingerprint density at radius 2 is 1.88 bits per heavy atom. The number of hydrazone groups is 1. The standard InChI is InChI=1S/C20H25N3O2/c1-14(2)11-12-25-19-9-7-16(8-10-19)20(24)23-22-15(3)17-5-4-6-18(21)13-17/h4-10,13-14H,11-12,21H2,1-3H3,(H,23,24)/b22-15+. The van der Waals surface area contributed by atoms with Gasteiger partial charge in [-0.15, -0.1) is 0 Å². The van der Waals surface area contributed by atoms with Crippen LogP contribution in [0.25, 0.3) is 0 Å². The number of ether oxygens (including phenoxy) is 1. The average molecular weight is 339 g/mol. The minimum absolute atomic E-state index is 0.267. The summed E-state index contributed by atoms with van der Waals surface area (Å²) in [7, 11) is 0. The molecule has 0 aliphatic carbocycles. The van der Waals surface area contributed by atoms with E-state index in [0.717, 1.165) is 17.7 Å². The van der Waals surface area contributed by atoms with Crippen LogP contribution in [0.5, 0.6) is 5.75 Å². The van der Waals surface area contributed by atoms with E-state index < -0.39 is 0 Å². The number of anilines is 1. The number of carbonyl (C=O) groups excluding carboxylic acids is 1. The first-order chi connectivity index (χ1) is 12.0. The SMILES string of the molecule is C/C(=N\NC(=O)c1ccc(OCCC(C)C)cc1)c1cccc(N)c1. The summed E-state index contributed by atoms with van der Waals surface area (Å²) in [6, 6.07) is 14.4. The molecule has 2 rings (SSSR count). The fraction of sp³-hybridized carbons (Fsp3) is 0.300. The van der Waals surface area contributed by atoms with Crippen LogP contribution in [-0.2, 0) is 0 Å². The van der Waals surface area contributed by atoms with Gasteiger partial charge in [0.1, 0.15) is 5.75 Å². The molecule has 0 unspecified atom stereocenters. The highest BCUT2D eigenvalue weighted by molar-refractivity contribution is 6.01. The maximum atomic E-state index is 12.2. The number of hydrogen-bond acceptors (Lipinski definition) is 4. The fourth-order valence-corrected chi connectivity index (χ4v) is 2.14. The Hall–Kier alpha value is -2.82. The van der Waals surface area contributed by atoms with Gasteiger partial charge in [-0.25, -0.2) is 5.43 Å². The Morgan fingerprint density at radius 3 is 2.52 bits per heavy atom. The fourth-order valence-electron chi connectivity index (χ4n) is 2.14.